The molecule has 6 heteroatoms. The summed E-state index contributed by atoms with van der Waals surface area (Å²) in [7, 11) is 2.65. The van der Waals surface area contributed by atoms with Crippen LogP contribution in [-0.4, -0.2) is 35.5 Å². The number of benzene rings is 1. The average molecular weight is 228 g/mol. The summed E-state index contributed by atoms with van der Waals surface area (Å²) in [5, 5.41) is 27.4. The highest BCUT2D eigenvalue weighted by Crippen LogP contribution is 2.38. The molecule has 1 atom stereocenters. The number of phenols is 1. The van der Waals surface area contributed by atoms with Gasteiger partial charge in [-0.05, 0) is 6.07 Å². The summed E-state index contributed by atoms with van der Waals surface area (Å²) < 4.78 is 9.83. The number of rotatable bonds is 4. The number of methoxy groups -OCH3 is 2. The van der Waals surface area contributed by atoms with E-state index >= 15 is 0 Å². The molecule has 0 saturated heterocycles. The van der Waals surface area contributed by atoms with Crippen LogP contribution in [0.15, 0.2) is 12.1 Å². The van der Waals surface area contributed by atoms with Gasteiger partial charge in [0.1, 0.15) is 5.75 Å². The second kappa shape index (κ2) is 4.71. The first-order valence-corrected chi connectivity index (χ1v) is 4.37. The van der Waals surface area contributed by atoms with Crippen LogP contribution in [-0.2, 0) is 4.79 Å². The predicted octanol–water partition coefficient (Wildman–Crippen LogP) is 0.527. The Kier molecular flexibility index (Phi) is 3.57. The minimum Gasteiger partial charge on any atom is -0.508 e. The van der Waals surface area contributed by atoms with Crippen molar-refractivity contribution in [2.24, 2.45) is 0 Å². The van der Waals surface area contributed by atoms with Crippen molar-refractivity contribution in [2.75, 3.05) is 14.2 Å². The zero-order valence-electron chi connectivity index (χ0n) is 8.80. The molecule has 0 saturated carbocycles. The third kappa shape index (κ3) is 2.17. The van der Waals surface area contributed by atoms with Gasteiger partial charge in [0.15, 0.2) is 17.6 Å². The number of aliphatic carboxylic acids is 1. The molecular weight excluding hydrogens is 216 g/mol. The monoisotopic (exact) mass is 228 g/mol. The quantitative estimate of drug-likeness (QED) is 0.695. The van der Waals surface area contributed by atoms with Gasteiger partial charge in [0.05, 0.1) is 14.2 Å². The topological polar surface area (TPSA) is 96.2 Å². The van der Waals surface area contributed by atoms with Gasteiger partial charge in [0.25, 0.3) is 0 Å². The smallest absolute Gasteiger partial charge is 0.337 e. The SMILES string of the molecule is COc1cc(O)cc(C(O)C(=O)O)c1OC. The lowest BCUT2D eigenvalue weighted by atomic mass is 10.1. The predicted molar refractivity (Wildman–Crippen MR) is 53.8 cm³/mol. The largest absolute Gasteiger partial charge is 0.508 e. The Labute approximate surface area is 91.7 Å². The van der Waals surface area contributed by atoms with Crippen molar-refractivity contribution in [2.45, 2.75) is 6.10 Å². The van der Waals surface area contributed by atoms with Gasteiger partial charge in [-0.15, -0.1) is 0 Å². The van der Waals surface area contributed by atoms with Gasteiger partial charge in [-0.3, -0.25) is 0 Å². The second-order valence-corrected chi connectivity index (χ2v) is 3.01. The molecular formula is C10H12O6. The summed E-state index contributed by atoms with van der Waals surface area (Å²) in [6.07, 6.45) is -1.78. The van der Waals surface area contributed by atoms with Crippen LogP contribution in [0.3, 0.4) is 0 Å². The van der Waals surface area contributed by atoms with Crippen molar-refractivity contribution in [1.82, 2.24) is 0 Å². The highest BCUT2D eigenvalue weighted by atomic mass is 16.5. The molecule has 0 aliphatic carbocycles. The van der Waals surface area contributed by atoms with E-state index in [1.165, 1.54) is 20.3 Å². The number of phenolic OH excluding ortho intramolecular Hbond substituents is 1. The Balaban J connectivity index is 3.35. The Morgan fingerprint density at radius 1 is 1.31 bits per heavy atom. The van der Waals surface area contributed by atoms with E-state index in [2.05, 4.69) is 0 Å². The van der Waals surface area contributed by atoms with Crippen molar-refractivity contribution in [3.63, 3.8) is 0 Å². The van der Waals surface area contributed by atoms with Crippen molar-refractivity contribution < 1.29 is 29.6 Å². The molecule has 0 spiro atoms. The van der Waals surface area contributed by atoms with Gasteiger partial charge in [0, 0.05) is 11.6 Å². The standard InChI is InChI=1S/C10H12O6/c1-15-7-4-5(11)3-6(9(7)16-2)8(12)10(13)14/h3-4,8,11-12H,1-2H3,(H,13,14). The van der Waals surface area contributed by atoms with Crippen molar-refractivity contribution in [3.05, 3.63) is 17.7 Å². The summed E-state index contributed by atoms with van der Waals surface area (Å²) in [5.74, 6) is -1.42. The number of ether oxygens (including phenoxy) is 2. The van der Waals surface area contributed by atoms with Crippen LogP contribution in [0.5, 0.6) is 17.2 Å². The van der Waals surface area contributed by atoms with E-state index in [4.69, 9.17) is 14.6 Å². The average Bonchev–Trinajstić information content (AvgIpc) is 2.26. The summed E-state index contributed by atoms with van der Waals surface area (Å²) in [6.45, 7) is 0. The molecule has 1 rings (SSSR count). The molecule has 6 nitrogen and oxygen atoms in total. The molecule has 0 bridgehead atoms. The van der Waals surface area contributed by atoms with Gasteiger partial charge in [-0.1, -0.05) is 0 Å². The molecule has 0 amide bonds. The molecule has 0 fully saturated rings. The number of aliphatic hydroxyl groups excluding tert-OH is 1. The lowest BCUT2D eigenvalue weighted by Crippen LogP contribution is -2.12. The second-order valence-electron chi connectivity index (χ2n) is 3.01. The fourth-order valence-electron chi connectivity index (χ4n) is 1.31. The fraction of sp³-hybridized carbons (Fsp3) is 0.300. The molecule has 0 radical (unpaired) electrons. The van der Waals surface area contributed by atoms with Gasteiger partial charge in [-0.25, -0.2) is 4.79 Å². The van der Waals surface area contributed by atoms with Gasteiger partial charge >= 0.3 is 5.97 Å². The van der Waals surface area contributed by atoms with Crippen molar-refractivity contribution >= 4 is 5.97 Å². The number of carbonyl (C=O) groups is 1. The normalized spacial score (nSPS) is 11.9. The van der Waals surface area contributed by atoms with Crippen LogP contribution in [0.4, 0.5) is 0 Å². The maximum Gasteiger partial charge on any atom is 0.337 e. The van der Waals surface area contributed by atoms with Crippen LogP contribution in [0.1, 0.15) is 11.7 Å². The molecule has 0 aromatic heterocycles. The lowest BCUT2D eigenvalue weighted by molar-refractivity contribution is -0.147. The van der Waals surface area contributed by atoms with Gasteiger partial charge < -0.3 is 24.8 Å². The Bertz CT molecular complexity index is 401. The molecule has 0 aliphatic heterocycles. The molecule has 0 heterocycles. The van der Waals surface area contributed by atoms with Crippen LogP contribution in [0.25, 0.3) is 0 Å². The molecule has 1 aromatic carbocycles. The van der Waals surface area contributed by atoms with E-state index in [0.29, 0.717) is 0 Å². The molecule has 1 unspecified atom stereocenters. The number of hydrogen-bond donors (Lipinski definition) is 3. The number of carboxylic acid groups (broad SMARTS) is 1. The van der Waals surface area contributed by atoms with Gasteiger partial charge in [-0.2, -0.15) is 0 Å². The summed E-state index contributed by atoms with van der Waals surface area (Å²) in [4.78, 5) is 10.7. The Morgan fingerprint density at radius 2 is 1.94 bits per heavy atom. The number of aromatic hydroxyl groups is 1. The van der Waals surface area contributed by atoms with Crippen LogP contribution >= 0.6 is 0 Å². The van der Waals surface area contributed by atoms with E-state index < -0.39 is 12.1 Å². The first-order chi connectivity index (χ1) is 7.51. The highest BCUT2D eigenvalue weighted by molar-refractivity contribution is 5.76. The minimum absolute atomic E-state index is 0.0631. The molecule has 88 valence electrons. The van der Waals surface area contributed by atoms with E-state index in [1.807, 2.05) is 0 Å². The van der Waals surface area contributed by atoms with Crippen LogP contribution in [0, 0.1) is 0 Å². The fourth-order valence-corrected chi connectivity index (χ4v) is 1.31. The number of carboxylic acids is 1. The van der Waals surface area contributed by atoms with E-state index in [0.717, 1.165) is 6.07 Å². The molecule has 0 aliphatic rings. The first-order valence-electron chi connectivity index (χ1n) is 4.37. The van der Waals surface area contributed by atoms with Gasteiger partial charge in [0.2, 0.25) is 0 Å². The Hall–Kier alpha value is -1.95. The van der Waals surface area contributed by atoms with Crippen molar-refractivity contribution in [1.29, 1.82) is 0 Å². The number of aliphatic hydroxyl groups is 1. The zero-order chi connectivity index (χ0) is 12.3. The third-order valence-electron chi connectivity index (χ3n) is 2.02. The first kappa shape index (κ1) is 12.1. The van der Waals surface area contributed by atoms with Crippen molar-refractivity contribution in [3.8, 4) is 17.2 Å². The minimum atomic E-state index is -1.78. The third-order valence-corrected chi connectivity index (χ3v) is 2.02. The number of hydrogen-bond acceptors (Lipinski definition) is 5. The van der Waals surface area contributed by atoms with Crippen LogP contribution in [0.2, 0.25) is 0 Å². The van der Waals surface area contributed by atoms with E-state index in [1.54, 1.807) is 0 Å². The maximum atomic E-state index is 10.7. The van der Waals surface area contributed by atoms with Crippen LogP contribution < -0.4 is 9.47 Å². The Morgan fingerprint density at radius 3 is 2.38 bits per heavy atom. The summed E-state index contributed by atoms with van der Waals surface area (Å²) >= 11 is 0. The molecule has 16 heavy (non-hydrogen) atoms. The van der Waals surface area contributed by atoms with E-state index in [-0.39, 0.29) is 22.8 Å². The highest BCUT2D eigenvalue weighted by Gasteiger charge is 2.24. The van der Waals surface area contributed by atoms with E-state index in [9.17, 15) is 15.0 Å². The maximum absolute atomic E-state index is 10.7. The summed E-state index contributed by atoms with van der Waals surface area (Å²) in [5.41, 5.74) is -0.0631. The molecule has 3 N–H and O–H groups in total. The summed E-state index contributed by atoms with van der Waals surface area (Å²) in [6, 6.07) is 2.37. The zero-order valence-corrected chi connectivity index (χ0v) is 8.80. The molecule has 1 aromatic rings. The lowest BCUT2D eigenvalue weighted by Gasteiger charge is -2.15.